The fraction of sp³-hybridized carbons (Fsp3) is 0.696. The van der Waals surface area contributed by atoms with Gasteiger partial charge < -0.3 is 9.47 Å². The largest absolute Gasteiger partial charge is 0.493 e. The maximum absolute atomic E-state index is 12.3. The van der Waals surface area contributed by atoms with Gasteiger partial charge in [-0.05, 0) is 50.7 Å². The normalized spacial score (nSPS) is 29.0. The van der Waals surface area contributed by atoms with Crippen molar-refractivity contribution >= 4 is 5.78 Å². The fourth-order valence-corrected chi connectivity index (χ4v) is 5.42. The number of carbonyl (C=O) groups is 1. The minimum atomic E-state index is -0.220. The third kappa shape index (κ3) is 3.04. The van der Waals surface area contributed by atoms with Gasteiger partial charge in [-0.1, -0.05) is 32.3 Å². The lowest BCUT2D eigenvalue weighted by Gasteiger charge is -2.48. The first-order valence-electron chi connectivity index (χ1n) is 10.5. The third-order valence-electron chi connectivity index (χ3n) is 6.80. The zero-order chi connectivity index (χ0) is 18.3. The second-order valence-corrected chi connectivity index (χ2v) is 8.93. The Hall–Kier alpha value is -1.51. The van der Waals surface area contributed by atoms with Gasteiger partial charge in [0.2, 0.25) is 0 Å². The molecule has 1 aromatic carbocycles. The number of unbranched alkanes of at least 4 members (excludes halogenated alkanes) is 2. The monoisotopic (exact) mass is 356 g/mol. The van der Waals surface area contributed by atoms with Crippen LogP contribution in [0.15, 0.2) is 12.1 Å². The summed E-state index contributed by atoms with van der Waals surface area (Å²) < 4.78 is 12.7. The standard InChI is InChI=1S/C23H32O3/c1-4-5-6-7-15-12-13-25-22-17(15)9-11-20-21(22)18-14-16(24)8-10-19(18)23(2,3)26-20/h9,11,15,18-19H,4-8,10,12-14H2,1-3H3/t15?,18?,19-/m1/s1. The number of ketones is 1. The molecule has 0 amide bonds. The molecule has 1 fully saturated rings. The number of carbonyl (C=O) groups excluding carboxylic acids is 1. The molecule has 0 aromatic heterocycles. The first kappa shape index (κ1) is 17.9. The molecular weight excluding hydrogens is 324 g/mol. The van der Waals surface area contributed by atoms with E-state index in [1.807, 2.05) is 0 Å². The van der Waals surface area contributed by atoms with Crippen molar-refractivity contribution in [2.75, 3.05) is 6.61 Å². The van der Waals surface area contributed by atoms with Crippen molar-refractivity contribution in [2.24, 2.45) is 5.92 Å². The summed E-state index contributed by atoms with van der Waals surface area (Å²) in [7, 11) is 0. The highest BCUT2D eigenvalue weighted by molar-refractivity contribution is 5.81. The van der Waals surface area contributed by atoms with Gasteiger partial charge in [-0.2, -0.15) is 0 Å². The van der Waals surface area contributed by atoms with Gasteiger partial charge in [0.25, 0.3) is 0 Å². The average Bonchev–Trinajstić information content (AvgIpc) is 2.60. The van der Waals surface area contributed by atoms with Crippen LogP contribution in [0.2, 0.25) is 0 Å². The summed E-state index contributed by atoms with van der Waals surface area (Å²) >= 11 is 0. The molecular formula is C23H32O3. The minimum Gasteiger partial charge on any atom is -0.493 e. The molecule has 1 aliphatic carbocycles. The zero-order valence-corrected chi connectivity index (χ0v) is 16.5. The Kier molecular flexibility index (Phi) is 4.75. The lowest BCUT2D eigenvalue weighted by atomic mass is 9.65. The maximum Gasteiger partial charge on any atom is 0.133 e. The Bertz CT molecular complexity index is 691. The van der Waals surface area contributed by atoms with E-state index in [1.54, 1.807) is 0 Å². The smallest absolute Gasteiger partial charge is 0.133 e. The van der Waals surface area contributed by atoms with Gasteiger partial charge in [0.15, 0.2) is 0 Å². The van der Waals surface area contributed by atoms with Crippen LogP contribution in [0.1, 0.15) is 95.1 Å². The van der Waals surface area contributed by atoms with Crippen LogP contribution < -0.4 is 9.47 Å². The second-order valence-electron chi connectivity index (χ2n) is 8.93. The summed E-state index contributed by atoms with van der Waals surface area (Å²) in [5.41, 5.74) is 2.33. The molecule has 0 saturated heterocycles. The molecule has 1 saturated carbocycles. The van der Waals surface area contributed by atoms with E-state index < -0.39 is 0 Å². The number of ether oxygens (including phenoxy) is 2. The molecule has 2 unspecified atom stereocenters. The molecule has 0 N–H and O–H groups in total. The molecule has 2 aliphatic heterocycles. The summed E-state index contributed by atoms with van der Waals surface area (Å²) in [4.78, 5) is 12.3. The predicted octanol–water partition coefficient (Wildman–Crippen LogP) is 5.76. The zero-order valence-electron chi connectivity index (χ0n) is 16.5. The molecule has 0 spiro atoms. The maximum atomic E-state index is 12.3. The predicted molar refractivity (Wildman–Crippen MR) is 103 cm³/mol. The first-order chi connectivity index (χ1) is 12.5. The SMILES string of the molecule is CCCCCC1CCOc2c1ccc1c2C2CC(=O)CC[C@H]2C(C)(C)O1. The van der Waals surface area contributed by atoms with E-state index in [0.29, 0.717) is 30.5 Å². The Morgan fingerprint density at radius 1 is 1.19 bits per heavy atom. The number of rotatable bonds is 4. The van der Waals surface area contributed by atoms with E-state index >= 15 is 0 Å². The molecule has 2 heterocycles. The van der Waals surface area contributed by atoms with E-state index in [-0.39, 0.29) is 11.5 Å². The van der Waals surface area contributed by atoms with E-state index in [0.717, 1.165) is 30.9 Å². The molecule has 3 nitrogen and oxygen atoms in total. The van der Waals surface area contributed by atoms with E-state index in [2.05, 4.69) is 32.9 Å². The van der Waals surface area contributed by atoms with Crippen LogP contribution in [0.25, 0.3) is 0 Å². The Morgan fingerprint density at radius 2 is 2.04 bits per heavy atom. The Morgan fingerprint density at radius 3 is 2.85 bits per heavy atom. The van der Waals surface area contributed by atoms with Gasteiger partial charge in [-0.25, -0.2) is 0 Å². The summed E-state index contributed by atoms with van der Waals surface area (Å²) in [5, 5.41) is 0. The van der Waals surface area contributed by atoms with Crippen molar-refractivity contribution in [1.29, 1.82) is 0 Å². The molecule has 1 aromatic rings. The highest BCUT2D eigenvalue weighted by Crippen LogP contribution is 2.56. The van der Waals surface area contributed by atoms with Crippen molar-refractivity contribution < 1.29 is 14.3 Å². The molecule has 142 valence electrons. The van der Waals surface area contributed by atoms with E-state index in [1.165, 1.54) is 36.8 Å². The van der Waals surface area contributed by atoms with Crippen molar-refractivity contribution in [1.82, 2.24) is 0 Å². The van der Waals surface area contributed by atoms with Gasteiger partial charge in [0.05, 0.1) is 6.61 Å². The van der Waals surface area contributed by atoms with Crippen molar-refractivity contribution in [2.45, 2.75) is 89.6 Å². The van der Waals surface area contributed by atoms with Crippen LogP contribution in [0.4, 0.5) is 0 Å². The molecule has 3 atom stereocenters. The van der Waals surface area contributed by atoms with Crippen molar-refractivity contribution in [3.8, 4) is 11.5 Å². The highest BCUT2D eigenvalue weighted by atomic mass is 16.5. The molecule has 4 rings (SSSR count). The number of Topliss-reactive ketones (excluding diaryl/α,β-unsaturated/α-hetero) is 1. The van der Waals surface area contributed by atoms with Crippen molar-refractivity contribution in [3.05, 3.63) is 23.3 Å². The molecule has 3 aliphatic rings. The molecule has 0 radical (unpaired) electrons. The number of fused-ring (bicyclic) bond motifs is 5. The Labute approximate surface area is 157 Å². The second kappa shape index (κ2) is 6.90. The molecule has 3 heteroatoms. The van der Waals surface area contributed by atoms with Crippen LogP contribution in [0.3, 0.4) is 0 Å². The van der Waals surface area contributed by atoms with Crippen LogP contribution in [-0.2, 0) is 4.79 Å². The summed E-state index contributed by atoms with van der Waals surface area (Å²) in [6.07, 6.45) is 8.45. The molecule has 0 bridgehead atoms. The van der Waals surface area contributed by atoms with E-state index in [9.17, 15) is 4.79 Å². The summed E-state index contributed by atoms with van der Waals surface area (Å²) in [5.74, 6) is 3.61. The summed E-state index contributed by atoms with van der Waals surface area (Å²) in [6.45, 7) is 7.40. The van der Waals surface area contributed by atoms with E-state index in [4.69, 9.17) is 9.47 Å². The minimum absolute atomic E-state index is 0.220. The van der Waals surface area contributed by atoms with Gasteiger partial charge in [0, 0.05) is 30.2 Å². The average molecular weight is 357 g/mol. The van der Waals surface area contributed by atoms with Gasteiger partial charge >= 0.3 is 0 Å². The quantitative estimate of drug-likeness (QED) is 0.644. The summed E-state index contributed by atoms with van der Waals surface area (Å²) in [6, 6.07) is 4.37. The molecule has 26 heavy (non-hydrogen) atoms. The highest BCUT2D eigenvalue weighted by Gasteiger charge is 2.48. The van der Waals surface area contributed by atoms with Crippen LogP contribution >= 0.6 is 0 Å². The van der Waals surface area contributed by atoms with Crippen LogP contribution in [-0.4, -0.2) is 18.0 Å². The van der Waals surface area contributed by atoms with Crippen LogP contribution in [0.5, 0.6) is 11.5 Å². The van der Waals surface area contributed by atoms with Crippen LogP contribution in [0, 0.1) is 5.92 Å². The van der Waals surface area contributed by atoms with Crippen molar-refractivity contribution in [3.63, 3.8) is 0 Å². The number of hydrogen-bond acceptors (Lipinski definition) is 3. The van der Waals surface area contributed by atoms with Gasteiger partial charge in [-0.3, -0.25) is 4.79 Å². The third-order valence-corrected chi connectivity index (χ3v) is 6.80. The first-order valence-corrected chi connectivity index (χ1v) is 10.5. The lowest BCUT2D eigenvalue weighted by molar-refractivity contribution is -0.124. The lowest BCUT2D eigenvalue weighted by Crippen LogP contribution is -2.47. The Balaban J connectivity index is 1.73. The number of benzene rings is 1. The topological polar surface area (TPSA) is 35.5 Å². The van der Waals surface area contributed by atoms with Gasteiger partial charge in [-0.15, -0.1) is 0 Å². The fourth-order valence-electron chi connectivity index (χ4n) is 5.42. The number of hydrogen-bond donors (Lipinski definition) is 0. The van der Waals surface area contributed by atoms with Gasteiger partial charge in [0.1, 0.15) is 22.9 Å².